The monoisotopic (exact) mass is 189 g/mol. The van der Waals surface area contributed by atoms with Gasteiger partial charge in [-0.05, 0) is 11.1 Å². The van der Waals surface area contributed by atoms with Crippen LogP contribution in [0, 0.1) is 0 Å². The van der Waals surface area contributed by atoms with Crippen LogP contribution in [0.1, 0.15) is 17.2 Å². The van der Waals surface area contributed by atoms with Crippen LogP contribution >= 0.6 is 0 Å². The first-order valence-corrected chi connectivity index (χ1v) is 4.95. The highest BCUT2D eigenvalue weighted by atomic mass is 16.5. The first-order chi connectivity index (χ1) is 6.92. The second kappa shape index (κ2) is 4.40. The van der Waals surface area contributed by atoms with E-state index in [0.29, 0.717) is 0 Å². The van der Waals surface area contributed by atoms with Crippen molar-refractivity contribution in [2.75, 3.05) is 19.7 Å². The van der Waals surface area contributed by atoms with Crippen molar-refractivity contribution in [1.82, 2.24) is 5.32 Å². The Morgan fingerprint density at radius 2 is 2.29 bits per heavy atom. The van der Waals surface area contributed by atoms with E-state index in [-0.39, 0.29) is 6.10 Å². The van der Waals surface area contributed by atoms with Crippen LogP contribution in [0.5, 0.6) is 0 Å². The van der Waals surface area contributed by atoms with Crippen LogP contribution in [0.25, 0.3) is 6.08 Å². The summed E-state index contributed by atoms with van der Waals surface area (Å²) in [6.07, 6.45) is 2.06. The van der Waals surface area contributed by atoms with Crippen molar-refractivity contribution < 1.29 is 4.74 Å². The number of benzene rings is 1. The molecule has 0 bridgehead atoms. The summed E-state index contributed by atoms with van der Waals surface area (Å²) in [4.78, 5) is 0. The number of hydrogen-bond donors (Lipinski definition) is 1. The largest absolute Gasteiger partial charge is 0.371 e. The lowest BCUT2D eigenvalue weighted by Gasteiger charge is -2.25. The molecule has 1 atom stereocenters. The van der Waals surface area contributed by atoms with E-state index in [1.807, 2.05) is 18.2 Å². The molecule has 2 rings (SSSR count). The van der Waals surface area contributed by atoms with Gasteiger partial charge >= 0.3 is 0 Å². The fourth-order valence-electron chi connectivity index (χ4n) is 1.76. The normalized spacial score (nSPS) is 21.9. The molecule has 1 unspecified atom stereocenters. The number of ether oxygens (including phenoxy) is 1. The molecular weight excluding hydrogens is 174 g/mol. The molecule has 0 aliphatic carbocycles. The van der Waals surface area contributed by atoms with Crippen LogP contribution in [0.15, 0.2) is 30.8 Å². The summed E-state index contributed by atoms with van der Waals surface area (Å²) < 4.78 is 5.70. The van der Waals surface area contributed by atoms with Crippen LogP contribution in [0.4, 0.5) is 0 Å². The molecule has 0 aromatic heterocycles. The second-order valence-corrected chi connectivity index (χ2v) is 3.40. The minimum Gasteiger partial charge on any atom is -0.371 e. The fraction of sp³-hybridized carbons (Fsp3) is 0.333. The molecule has 1 N–H and O–H groups in total. The van der Waals surface area contributed by atoms with Crippen LogP contribution in [-0.4, -0.2) is 19.7 Å². The lowest BCUT2D eigenvalue weighted by atomic mass is 10.0. The average Bonchev–Trinajstić information content (AvgIpc) is 2.30. The van der Waals surface area contributed by atoms with Crippen LogP contribution in [0.2, 0.25) is 0 Å². The van der Waals surface area contributed by atoms with E-state index < -0.39 is 0 Å². The van der Waals surface area contributed by atoms with Crippen LogP contribution in [0.3, 0.4) is 0 Å². The number of morpholine rings is 1. The van der Waals surface area contributed by atoms with Gasteiger partial charge < -0.3 is 10.1 Å². The van der Waals surface area contributed by atoms with Gasteiger partial charge in [0.25, 0.3) is 0 Å². The first kappa shape index (κ1) is 9.44. The minimum absolute atomic E-state index is 0.179. The van der Waals surface area contributed by atoms with Gasteiger partial charge in [-0.15, -0.1) is 0 Å². The third-order valence-electron chi connectivity index (χ3n) is 2.49. The average molecular weight is 189 g/mol. The van der Waals surface area contributed by atoms with E-state index in [4.69, 9.17) is 4.74 Å². The lowest BCUT2D eigenvalue weighted by molar-refractivity contribution is 0.0276. The maximum atomic E-state index is 5.70. The van der Waals surface area contributed by atoms with Crippen molar-refractivity contribution >= 4 is 6.08 Å². The molecule has 1 aliphatic rings. The van der Waals surface area contributed by atoms with Crippen molar-refractivity contribution in [3.63, 3.8) is 0 Å². The molecule has 1 heterocycles. The van der Waals surface area contributed by atoms with Crippen molar-refractivity contribution in [3.8, 4) is 0 Å². The molecular formula is C12H15NO. The molecule has 1 fully saturated rings. The Morgan fingerprint density at radius 3 is 3.00 bits per heavy atom. The van der Waals surface area contributed by atoms with Crippen molar-refractivity contribution in [3.05, 3.63) is 42.0 Å². The SMILES string of the molecule is C=Cc1ccccc1C1CNCCO1. The first-order valence-electron chi connectivity index (χ1n) is 4.95. The van der Waals surface area contributed by atoms with Gasteiger partial charge in [0.2, 0.25) is 0 Å². The molecule has 0 amide bonds. The molecule has 1 saturated heterocycles. The quantitative estimate of drug-likeness (QED) is 0.768. The summed E-state index contributed by atoms with van der Waals surface area (Å²) in [6, 6.07) is 8.24. The number of hydrogen-bond acceptors (Lipinski definition) is 2. The Bertz CT molecular complexity index is 316. The number of nitrogens with one attached hydrogen (secondary N) is 1. The zero-order chi connectivity index (χ0) is 9.80. The molecule has 0 spiro atoms. The predicted molar refractivity (Wildman–Crippen MR) is 58.1 cm³/mol. The van der Waals surface area contributed by atoms with E-state index >= 15 is 0 Å². The summed E-state index contributed by atoms with van der Waals surface area (Å²) in [7, 11) is 0. The Kier molecular flexibility index (Phi) is 2.96. The van der Waals surface area contributed by atoms with Gasteiger partial charge in [0.05, 0.1) is 12.7 Å². The Labute approximate surface area is 84.6 Å². The minimum atomic E-state index is 0.179. The van der Waals surface area contributed by atoms with E-state index in [9.17, 15) is 0 Å². The predicted octanol–water partition coefficient (Wildman–Crippen LogP) is 1.99. The highest BCUT2D eigenvalue weighted by Crippen LogP contribution is 2.22. The molecule has 2 nitrogen and oxygen atoms in total. The zero-order valence-electron chi connectivity index (χ0n) is 8.20. The third-order valence-corrected chi connectivity index (χ3v) is 2.49. The molecule has 1 aliphatic heterocycles. The molecule has 14 heavy (non-hydrogen) atoms. The Hall–Kier alpha value is -1.12. The van der Waals surface area contributed by atoms with E-state index in [0.717, 1.165) is 19.7 Å². The van der Waals surface area contributed by atoms with Gasteiger partial charge in [0.1, 0.15) is 0 Å². The number of rotatable bonds is 2. The van der Waals surface area contributed by atoms with Crippen LogP contribution in [-0.2, 0) is 4.74 Å². The summed E-state index contributed by atoms with van der Waals surface area (Å²) >= 11 is 0. The van der Waals surface area contributed by atoms with E-state index in [2.05, 4.69) is 24.0 Å². The molecule has 1 aromatic rings. The zero-order valence-corrected chi connectivity index (χ0v) is 8.20. The second-order valence-electron chi connectivity index (χ2n) is 3.40. The van der Waals surface area contributed by atoms with Gasteiger partial charge in [-0.3, -0.25) is 0 Å². The smallest absolute Gasteiger partial charge is 0.0955 e. The van der Waals surface area contributed by atoms with Crippen LogP contribution < -0.4 is 5.32 Å². The van der Waals surface area contributed by atoms with Gasteiger partial charge in [0, 0.05) is 13.1 Å². The fourth-order valence-corrected chi connectivity index (χ4v) is 1.76. The summed E-state index contributed by atoms with van der Waals surface area (Å²) in [5.41, 5.74) is 2.40. The molecule has 0 radical (unpaired) electrons. The van der Waals surface area contributed by atoms with E-state index in [1.54, 1.807) is 0 Å². The molecule has 2 heteroatoms. The van der Waals surface area contributed by atoms with E-state index in [1.165, 1.54) is 11.1 Å². The van der Waals surface area contributed by atoms with Gasteiger partial charge in [-0.25, -0.2) is 0 Å². The molecule has 74 valence electrons. The topological polar surface area (TPSA) is 21.3 Å². The summed E-state index contributed by atoms with van der Waals surface area (Å²) in [6.45, 7) is 6.44. The molecule has 1 aromatic carbocycles. The van der Waals surface area contributed by atoms with Crippen molar-refractivity contribution in [2.45, 2.75) is 6.10 Å². The molecule has 0 saturated carbocycles. The van der Waals surface area contributed by atoms with Gasteiger partial charge in [-0.1, -0.05) is 36.9 Å². The summed E-state index contributed by atoms with van der Waals surface area (Å²) in [5, 5.41) is 3.33. The standard InChI is InChI=1S/C12H15NO/c1-2-10-5-3-4-6-11(10)12-9-13-7-8-14-12/h2-6,12-13H,1,7-9H2. The third kappa shape index (κ3) is 1.86. The Morgan fingerprint density at radius 1 is 1.43 bits per heavy atom. The Balaban J connectivity index is 2.24. The van der Waals surface area contributed by atoms with Gasteiger partial charge in [0.15, 0.2) is 0 Å². The maximum absolute atomic E-state index is 5.70. The van der Waals surface area contributed by atoms with Gasteiger partial charge in [-0.2, -0.15) is 0 Å². The van der Waals surface area contributed by atoms with Crippen molar-refractivity contribution in [1.29, 1.82) is 0 Å². The highest BCUT2D eigenvalue weighted by Gasteiger charge is 2.16. The summed E-state index contributed by atoms with van der Waals surface area (Å²) in [5.74, 6) is 0. The lowest BCUT2D eigenvalue weighted by Crippen LogP contribution is -2.33. The maximum Gasteiger partial charge on any atom is 0.0955 e. The van der Waals surface area contributed by atoms with Crippen molar-refractivity contribution in [2.24, 2.45) is 0 Å². The highest BCUT2D eigenvalue weighted by molar-refractivity contribution is 5.52.